The van der Waals surface area contributed by atoms with E-state index >= 15 is 0 Å². The molecule has 5 nitrogen and oxygen atoms in total. The van der Waals surface area contributed by atoms with Crippen LogP contribution in [-0.4, -0.2) is 20.8 Å². The molecule has 0 saturated carbocycles. The number of aromatic nitrogens is 2. The molecule has 2 aromatic heterocycles. The highest BCUT2D eigenvalue weighted by atomic mass is 19.4. The van der Waals surface area contributed by atoms with E-state index in [4.69, 9.17) is 5.11 Å². The van der Waals surface area contributed by atoms with Gasteiger partial charge in [-0.15, -0.1) is 0 Å². The fourth-order valence-corrected chi connectivity index (χ4v) is 1.51. The second-order valence-corrected chi connectivity index (χ2v) is 3.59. The zero-order valence-corrected chi connectivity index (χ0v) is 8.81. The molecular formula is C10H7F3N2O3. The van der Waals surface area contributed by atoms with Crippen molar-refractivity contribution < 1.29 is 27.6 Å². The number of carboxylic acid groups (broad SMARTS) is 1. The molecule has 0 bridgehead atoms. The van der Waals surface area contributed by atoms with Gasteiger partial charge in [0.15, 0.2) is 0 Å². The Morgan fingerprint density at radius 2 is 2.17 bits per heavy atom. The molecule has 18 heavy (non-hydrogen) atoms. The summed E-state index contributed by atoms with van der Waals surface area (Å²) in [7, 11) is 0. The minimum atomic E-state index is -4.70. The fraction of sp³-hybridized carbons (Fsp3) is 0.200. The van der Waals surface area contributed by atoms with E-state index in [9.17, 15) is 18.0 Å². The van der Waals surface area contributed by atoms with Gasteiger partial charge in [0, 0.05) is 18.0 Å². The first-order valence-corrected chi connectivity index (χ1v) is 4.76. The van der Waals surface area contributed by atoms with E-state index < -0.39 is 23.3 Å². The first-order chi connectivity index (χ1) is 8.38. The van der Waals surface area contributed by atoms with Crippen LogP contribution in [0.3, 0.4) is 0 Å². The number of rotatable bonds is 3. The van der Waals surface area contributed by atoms with Crippen LogP contribution in [0, 0.1) is 0 Å². The number of carboxylic acids is 1. The largest absolute Gasteiger partial charge is 0.478 e. The van der Waals surface area contributed by atoms with Gasteiger partial charge in [0.2, 0.25) is 0 Å². The number of aromatic carboxylic acids is 1. The minimum absolute atomic E-state index is 0.0554. The van der Waals surface area contributed by atoms with E-state index in [1.165, 1.54) is 12.5 Å². The molecule has 0 unspecified atom stereocenters. The van der Waals surface area contributed by atoms with Crippen LogP contribution in [0.1, 0.15) is 21.5 Å². The summed E-state index contributed by atoms with van der Waals surface area (Å²) in [5.74, 6) is -1.62. The quantitative estimate of drug-likeness (QED) is 0.918. The molecule has 0 radical (unpaired) electrons. The Bertz CT molecular complexity index is 557. The third kappa shape index (κ3) is 2.36. The van der Waals surface area contributed by atoms with Crippen LogP contribution < -0.4 is 0 Å². The Hall–Kier alpha value is -2.25. The summed E-state index contributed by atoms with van der Waals surface area (Å²) in [6.45, 7) is 0.0554. The van der Waals surface area contributed by atoms with Crippen LogP contribution in [0.4, 0.5) is 13.2 Å². The molecule has 0 aliphatic heterocycles. The van der Waals surface area contributed by atoms with Gasteiger partial charge in [-0.25, -0.2) is 4.79 Å². The predicted octanol–water partition coefficient (Wildman–Crippen LogP) is 2.24. The van der Waals surface area contributed by atoms with Crippen molar-refractivity contribution in [1.82, 2.24) is 9.72 Å². The van der Waals surface area contributed by atoms with Gasteiger partial charge in [-0.3, -0.25) is 0 Å². The Labute approximate surface area is 98.4 Å². The molecule has 2 rings (SSSR count). The number of alkyl halides is 3. The Morgan fingerprint density at radius 3 is 2.61 bits per heavy atom. The third-order valence-corrected chi connectivity index (χ3v) is 2.26. The first-order valence-electron chi connectivity index (χ1n) is 4.76. The number of carbonyl (C=O) groups is 1. The lowest BCUT2D eigenvalue weighted by Gasteiger charge is -2.04. The SMILES string of the molecule is O=C(O)c1cn(Cc2cnoc2)cc1C(F)(F)F. The summed E-state index contributed by atoms with van der Waals surface area (Å²) >= 11 is 0. The lowest BCUT2D eigenvalue weighted by Crippen LogP contribution is -2.09. The van der Waals surface area contributed by atoms with Crippen molar-refractivity contribution in [3.8, 4) is 0 Å². The standard InChI is InChI=1S/C10H7F3N2O3/c11-10(12,13)8-4-15(3-7(8)9(16)17)2-6-1-14-18-5-6/h1,3-5H,2H2,(H,16,17). The van der Waals surface area contributed by atoms with Gasteiger partial charge in [-0.05, 0) is 0 Å². The lowest BCUT2D eigenvalue weighted by atomic mass is 10.2. The molecule has 0 saturated heterocycles. The lowest BCUT2D eigenvalue weighted by molar-refractivity contribution is -0.138. The molecule has 1 N–H and O–H groups in total. The molecule has 0 atom stereocenters. The highest BCUT2D eigenvalue weighted by Crippen LogP contribution is 2.32. The van der Waals surface area contributed by atoms with Crippen molar-refractivity contribution in [3.05, 3.63) is 41.5 Å². The maximum atomic E-state index is 12.6. The highest BCUT2D eigenvalue weighted by Gasteiger charge is 2.36. The van der Waals surface area contributed by atoms with Crippen molar-refractivity contribution in [2.45, 2.75) is 12.7 Å². The van der Waals surface area contributed by atoms with Crippen molar-refractivity contribution in [1.29, 1.82) is 0 Å². The summed E-state index contributed by atoms with van der Waals surface area (Å²) in [6.07, 6.45) is -0.413. The molecule has 0 fully saturated rings. The average molecular weight is 260 g/mol. The van der Waals surface area contributed by atoms with Gasteiger partial charge < -0.3 is 14.2 Å². The molecule has 0 aliphatic carbocycles. The van der Waals surface area contributed by atoms with Crippen molar-refractivity contribution >= 4 is 5.97 Å². The second kappa shape index (κ2) is 4.21. The van der Waals surface area contributed by atoms with E-state index in [0.29, 0.717) is 5.56 Å². The Kier molecular flexibility index (Phi) is 2.85. The second-order valence-electron chi connectivity index (χ2n) is 3.59. The van der Waals surface area contributed by atoms with Gasteiger partial charge in [0.25, 0.3) is 0 Å². The third-order valence-electron chi connectivity index (χ3n) is 2.26. The van der Waals surface area contributed by atoms with Crippen molar-refractivity contribution in [2.75, 3.05) is 0 Å². The molecule has 8 heteroatoms. The van der Waals surface area contributed by atoms with Gasteiger partial charge in [-0.2, -0.15) is 13.2 Å². The van der Waals surface area contributed by atoms with Crippen LogP contribution in [0.2, 0.25) is 0 Å². The number of hydrogen-bond acceptors (Lipinski definition) is 3. The summed E-state index contributed by atoms with van der Waals surface area (Å²) in [5.41, 5.74) is -1.42. The number of hydrogen-bond donors (Lipinski definition) is 1. The highest BCUT2D eigenvalue weighted by molar-refractivity contribution is 5.89. The van der Waals surface area contributed by atoms with Gasteiger partial charge in [0.05, 0.1) is 23.9 Å². The summed E-state index contributed by atoms with van der Waals surface area (Å²) < 4.78 is 43.4. The first kappa shape index (κ1) is 12.2. The number of nitrogens with zero attached hydrogens (tertiary/aromatic N) is 2. The molecule has 96 valence electrons. The van der Waals surface area contributed by atoms with E-state index in [1.807, 2.05) is 0 Å². The zero-order valence-electron chi connectivity index (χ0n) is 8.81. The van der Waals surface area contributed by atoms with Crippen LogP contribution in [0.5, 0.6) is 0 Å². The smallest absolute Gasteiger partial charge is 0.418 e. The minimum Gasteiger partial charge on any atom is -0.478 e. The molecular weight excluding hydrogens is 253 g/mol. The summed E-state index contributed by atoms with van der Waals surface area (Å²) in [6, 6.07) is 0. The Morgan fingerprint density at radius 1 is 1.44 bits per heavy atom. The van der Waals surface area contributed by atoms with E-state index in [0.717, 1.165) is 17.0 Å². The Balaban J connectivity index is 2.37. The molecule has 0 amide bonds. The molecule has 0 aliphatic rings. The van der Waals surface area contributed by atoms with Crippen LogP contribution in [-0.2, 0) is 12.7 Å². The van der Waals surface area contributed by atoms with E-state index in [2.05, 4.69) is 9.68 Å². The maximum absolute atomic E-state index is 12.6. The van der Waals surface area contributed by atoms with Crippen LogP contribution >= 0.6 is 0 Å². The maximum Gasteiger partial charge on any atom is 0.418 e. The fourth-order valence-electron chi connectivity index (χ4n) is 1.51. The monoisotopic (exact) mass is 260 g/mol. The molecule has 0 spiro atoms. The molecule has 0 aromatic carbocycles. The summed E-state index contributed by atoms with van der Waals surface area (Å²) in [4.78, 5) is 10.7. The van der Waals surface area contributed by atoms with E-state index in [-0.39, 0.29) is 6.54 Å². The summed E-state index contributed by atoms with van der Waals surface area (Å²) in [5, 5.41) is 12.1. The predicted molar refractivity (Wildman–Crippen MR) is 52.0 cm³/mol. The zero-order chi connectivity index (χ0) is 13.3. The van der Waals surface area contributed by atoms with Gasteiger partial charge in [-0.1, -0.05) is 5.16 Å². The molecule has 2 heterocycles. The van der Waals surface area contributed by atoms with Crippen molar-refractivity contribution in [3.63, 3.8) is 0 Å². The van der Waals surface area contributed by atoms with Crippen LogP contribution in [0.15, 0.2) is 29.4 Å². The average Bonchev–Trinajstić information content (AvgIpc) is 2.85. The number of halogens is 3. The van der Waals surface area contributed by atoms with Gasteiger partial charge in [0.1, 0.15) is 6.26 Å². The van der Waals surface area contributed by atoms with Crippen LogP contribution in [0.25, 0.3) is 0 Å². The normalized spacial score (nSPS) is 11.7. The van der Waals surface area contributed by atoms with Crippen molar-refractivity contribution in [2.24, 2.45) is 0 Å². The topological polar surface area (TPSA) is 68.3 Å². The molecule has 2 aromatic rings. The van der Waals surface area contributed by atoms with E-state index in [1.54, 1.807) is 0 Å². The van der Waals surface area contributed by atoms with Gasteiger partial charge >= 0.3 is 12.1 Å².